The number of H-pyrrole nitrogens is 1. The third-order valence-electron chi connectivity index (χ3n) is 5.30. The van der Waals surface area contributed by atoms with Crippen LogP contribution in [0.2, 0.25) is 0 Å². The van der Waals surface area contributed by atoms with Crippen molar-refractivity contribution in [3.63, 3.8) is 0 Å². The quantitative estimate of drug-likeness (QED) is 0.526. The molecular weight excluding hydrogens is 383 g/mol. The minimum atomic E-state index is -0.372. The highest BCUT2D eigenvalue weighted by Gasteiger charge is 2.17. The van der Waals surface area contributed by atoms with Crippen molar-refractivity contribution in [2.24, 2.45) is 0 Å². The van der Waals surface area contributed by atoms with E-state index in [1.165, 1.54) is 24.3 Å². The summed E-state index contributed by atoms with van der Waals surface area (Å²) in [6, 6.07) is 11.5. The summed E-state index contributed by atoms with van der Waals surface area (Å²) in [7, 11) is 0. The number of rotatable bonds is 4. The number of nitrogens with one attached hydrogen (secondary N) is 1. The number of morpholine rings is 1. The van der Waals surface area contributed by atoms with E-state index in [1.807, 2.05) is 18.2 Å². The Labute approximate surface area is 172 Å². The van der Waals surface area contributed by atoms with Gasteiger partial charge in [-0.05, 0) is 48.0 Å². The van der Waals surface area contributed by atoms with E-state index in [2.05, 4.69) is 19.9 Å². The number of hydrogen-bond acceptors (Lipinski definition) is 5. The second kappa shape index (κ2) is 7.68. The molecule has 6 nitrogen and oxygen atoms in total. The number of carbonyl (C=O) groups excluding carboxylic acids is 1. The van der Waals surface area contributed by atoms with Crippen LogP contribution in [0.5, 0.6) is 0 Å². The molecule has 0 aliphatic carbocycles. The van der Waals surface area contributed by atoms with Gasteiger partial charge in [0.05, 0.1) is 13.2 Å². The minimum Gasteiger partial charge on any atom is -0.378 e. The monoisotopic (exact) mass is 402 g/mol. The number of hydrogen-bond donors (Lipinski definition) is 1. The summed E-state index contributed by atoms with van der Waals surface area (Å²) in [5.74, 6) is 0.347. The average Bonchev–Trinajstić information content (AvgIpc) is 3.23. The molecule has 1 fully saturated rings. The first kappa shape index (κ1) is 18.4. The van der Waals surface area contributed by atoms with Gasteiger partial charge in [-0.3, -0.25) is 4.79 Å². The predicted octanol–water partition coefficient (Wildman–Crippen LogP) is 3.83. The fourth-order valence-corrected chi connectivity index (χ4v) is 3.67. The van der Waals surface area contributed by atoms with E-state index in [1.54, 1.807) is 18.6 Å². The van der Waals surface area contributed by atoms with E-state index in [4.69, 9.17) is 4.74 Å². The highest BCUT2D eigenvalue weighted by Crippen LogP contribution is 2.28. The van der Waals surface area contributed by atoms with Gasteiger partial charge in [-0.15, -0.1) is 0 Å². The number of aromatic amines is 1. The third kappa shape index (κ3) is 3.44. The van der Waals surface area contributed by atoms with E-state index in [9.17, 15) is 9.18 Å². The van der Waals surface area contributed by atoms with Crippen molar-refractivity contribution in [3.05, 3.63) is 78.0 Å². The fourth-order valence-electron chi connectivity index (χ4n) is 3.67. The summed E-state index contributed by atoms with van der Waals surface area (Å²) in [5.41, 5.74) is 3.44. The van der Waals surface area contributed by atoms with Crippen molar-refractivity contribution in [3.8, 4) is 11.1 Å². The number of halogens is 1. The molecule has 4 aromatic rings. The van der Waals surface area contributed by atoms with Gasteiger partial charge >= 0.3 is 0 Å². The topological polar surface area (TPSA) is 71.1 Å². The Kier molecular flexibility index (Phi) is 4.72. The van der Waals surface area contributed by atoms with Crippen LogP contribution >= 0.6 is 0 Å². The van der Waals surface area contributed by atoms with Crippen LogP contribution in [0.4, 0.5) is 10.2 Å². The lowest BCUT2D eigenvalue weighted by Crippen LogP contribution is -2.36. The molecule has 3 aromatic heterocycles. The number of fused-ring (bicyclic) bond motifs is 1. The number of nitrogens with zero attached hydrogens (tertiary/aromatic N) is 3. The number of benzene rings is 1. The van der Waals surface area contributed by atoms with Crippen LogP contribution in [0.15, 0.2) is 61.1 Å². The van der Waals surface area contributed by atoms with Crippen LogP contribution in [0, 0.1) is 5.82 Å². The highest BCUT2D eigenvalue weighted by molar-refractivity contribution is 6.16. The van der Waals surface area contributed by atoms with Crippen LogP contribution in [0.1, 0.15) is 15.9 Å². The lowest BCUT2D eigenvalue weighted by Gasteiger charge is -2.28. The fraction of sp³-hybridized carbons (Fsp3) is 0.174. The molecule has 7 heteroatoms. The summed E-state index contributed by atoms with van der Waals surface area (Å²) in [6.07, 6.45) is 5.22. The van der Waals surface area contributed by atoms with Gasteiger partial charge in [0.25, 0.3) is 0 Å². The molecule has 0 atom stereocenters. The smallest absolute Gasteiger partial charge is 0.195 e. The number of aromatic nitrogens is 3. The van der Waals surface area contributed by atoms with Gasteiger partial charge < -0.3 is 14.6 Å². The SMILES string of the molecule is O=C(c1ccc(F)cc1)c1c[nH]c2ncc(-c3ccnc(N4CCOCC4)c3)cc12. The molecule has 0 saturated carbocycles. The van der Waals surface area contributed by atoms with E-state index in [-0.39, 0.29) is 11.6 Å². The second-order valence-electron chi connectivity index (χ2n) is 7.16. The predicted molar refractivity (Wildman–Crippen MR) is 112 cm³/mol. The number of carbonyl (C=O) groups is 1. The third-order valence-corrected chi connectivity index (χ3v) is 5.30. The van der Waals surface area contributed by atoms with Gasteiger partial charge in [-0.25, -0.2) is 14.4 Å². The van der Waals surface area contributed by atoms with Gasteiger partial charge in [0.15, 0.2) is 5.78 Å². The summed E-state index contributed by atoms with van der Waals surface area (Å²) < 4.78 is 18.6. The molecule has 1 saturated heterocycles. The summed E-state index contributed by atoms with van der Waals surface area (Å²) in [6.45, 7) is 3.00. The van der Waals surface area contributed by atoms with Gasteiger partial charge in [0, 0.05) is 53.8 Å². The minimum absolute atomic E-state index is 0.177. The number of ketones is 1. The van der Waals surface area contributed by atoms with Crippen LogP contribution in [-0.4, -0.2) is 47.0 Å². The molecule has 0 spiro atoms. The van der Waals surface area contributed by atoms with Crippen molar-refractivity contribution < 1.29 is 13.9 Å². The average molecular weight is 402 g/mol. The Morgan fingerprint density at radius 2 is 1.83 bits per heavy atom. The van der Waals surface area contributed by atoms with Crippen LogP contribution < -0.4 is 4.90 Å². The largest absolute Gasteiger partial charge is 0.378 e. The standard InChI is InChI=1S/C23H19FN4O2/c24-18-3-1-15(2-4-18)22(29)20-14-27-23-19(20)11-17(13-26-23)16-5-6-25-21(12-16)28-7-9-30-10-8-28/h1-6,11-14H,7-10H2,(H,26,27). The molecule has 0 unspecified atom stereocenters. The summed E-state index contributed by atoms with van der Waals surface area (Å²) in [4.78, 5) is 27.2. The lowest BCUT2D eigenvalue weighted by atomic mass is 10.0. The van der Waals surface area contributed by atoms with Gasteiger partial charge in [-0.1, -0.05) is 0 Å². The molecule has 0 radical (unpaired) electrons. The van der Waals surface area contributed by atoms with Crippen molar-refractivity contribution in [2.75, 3.05) is 31.2 Å². The van der Waals surface area contributed by atoms with Gasteiger partial charge in [0.1, 0.15) is 17.3 Å². The normalized spacial score (nSPS) is 14.2. The van der Waals surface area contributed by atoms with Crippen molar-refractivity contribution in [1.29, 1.82) is 0 Å². The van der Waals surface area contributed by atoms with E-state index in [0.717, 1.165) is 35.4 Å². The van der Waals surface area contributed by atoms with E-state index < -0.39 is 0 Å². The summed E-state index contributed by atoms with van der Waals surface area (Å²) >= 11 is 0. The molecule has 0 amide bonds. The Morgan fingerprint density at radius 3 is 2.63 bits per heavy atom. The molecule has 1 aliphatic rings. The highest BCUT2D eigenvalue weighted by atomic mass is 19.1. The Bertz CT molecular complexity index is 1210. The maximum Gasteiger partial charge on any atom is 0.195 e. The molecule has 30 heavy (non-hydrogen) atoms. The molecular formula is C23H19FN4O2. The van der Waals surface area contributed by atoms with E-state index >= 15 is 0 Å². The van der Waals surface area contributed by atoms with Crippen molar-refractivity contribution in [1.82, 2.24) is 15.0 Å². The molecule has 5 rings (SSSR count). The Balaban J connectivity index is 1.51. The van der Waals surface area contributed by atoms with Gasteiger partial charge in [0.2, 0.25) is 0 Å². The molecule has 0 bridgehead atoms. The van der Waals surface area contributed by atoms with Gasteiger partial charge in [-0.2, -0.15) is 0 Å². The van der Waals surface area contributed by atoms with Crippen molar-refractivity contribution in [2.45, 2.75) is 0 Å². The van der Waals surface area contributed by atoms with Crippen LogP contribution in [-0.2, 0) is 4.74 Å². The maximum atomic E-state index is 13.2. The number of anilines is 1. The summed E-state index contributed by atoms with van der Waals surface area (Å²) in [5, 5.41) is 0.728. The maximum absolute atomic E-state index is 13.2. The zero-order valence-corrected chi connectivity index (χ0v) is 16.1. The molecule has 4 heterocycles. The first-order valence-corrected chi connectivity index (χ1v) is 9.75. The number of ether oxygens (including phenoxy) is 1. The Hall–Kier alpha value is -3.58. The van der Waals surface area contributed by atoms with E-state index in [0.29, 0.717) is 30.0 Å². The first-order valence-electron chi connectivity index (χ1n) is 9.75. The molecule has 150 valence electrons. The number of pyridine rings is 2. The molecule has 1 aromatic carbocycles. The zero-order valence-electron chi connectivity index (χ0n) is 16.1. The molecule has 1 N–H and O–H groups in total. The first-order chi connectivity index (χ1) is 14.7. The second-order valence-corrected chi connectivity index (χ2v) is 7.16. The van der Waals surface area contributed by atoms with Crippen LogP contribution in [0.25, 0.3) is 22.2 Å². The Morgan fingerprint density at radius 1 is 1.03 bits per heavy atom. The lowest BCUT2D eigenvalue weighted by molar-refractivity contribution is 0.104. The zero-order chi connectivity index (χ0) is 20.5. The molecule has 1 aliphatic heterocycles. The van der Waals surface area contributed by atoms with Crippen molar-refractivity contribution >= 4 is 22.6 Å². The van der Waals surface area contributed by atoms with Crippen LogP contribution in [0.3, 0.4) is 0 Å².